The van der Waals surface area contributed by atoms with Crippen LogP contribution in [0.5, 0.6) is 0 Å². The van der Waals surface area contributed by atoms with Gasteiger partial charge in [-0.1, -0.05) is 18.2 Å². The monoisotopic (exact) mass is 374 g/mol. The molecule has 0 radical (unpaired) electrons. The Morgan fingerprint density at radius 3 is 3.00 bits per heavy atom. The summed E-state index contributed by atoms with van der Waals surface area (Å²) in [5.74, 6) is 1.02. The number of hydrogen-bond donors (Lipinski definition) is 2. The highest BCUT2D eigenvalue weighted by Crippen LogP contribution is 2.28. The van der Waals surface area contributed by atoms with Crippen LogP contribution in [0, 0.1) is 17.2 Å². The van der Waals surface area contributed by atoms with E-state index in [-0.39, 0.29) is 17.9 Å². The van der Waals surface area contributed by atoms with Crippen molar-refractivity contribution in [1.29, 1.82) is 5.26 Å². The summed E-state index contributed by atoms with van der Waals surface area (Å²) >= 11 is 0. The molecule has 2 aromatic rings. The SMILES string of the molecule is N#Cc1ccc(NC[C@@H]2C[C@H](CCCc3cccc4c3CCC4)C(=O)N2)nc1. The van der Waals surface area contributed by atoms with E-state index in [0.29, 0.717) is 12.1 Å². The first-order chi connectivity index (χ1) is 13.7. The average molecular weight is 374 g/mol. The minimum Gasteiger partial charge on any atom is -0.368 e. The number of aryl methyl sites for hydroxylation is 2. The van der Waals surface area contributed by atoms with Crippen molar-refractivity contribution in [2.24, 2.45) is 5.92 Å². The molecule has 144 valence electrons. The maximum absolute atomic E-state index is 12.3. The normalized spacial score (nSPS) is 20.5. The van der Waals surface area contributed by atoms with E-state index in [0.717, 1.165) is 31.5 Å². The van der Waals surface area contributed by atoms with Gasteiger partial charge in [-0.2, -0.15) is 5.26 Å². The molecule has 1 amide bonds. The second-order valence-electron chi connectivity index (χ2n) is 7.86. The van der Waals surface area contributed by atoms with Crippen LogP contribution in [-0.4, -0.2) is 23.5 Å². The summed E-state index contributed by atoms with van der Waals surface area (Å²) in [4.78, 5) is 16.5. The molecule has 5 nitrogen and oxygen atoms in total. The van der Waals surface area contributed by atoms with Gasteiger partial charge in [0.05, 0.1) is 5.56 Å². The van der Waals surface area contributed by atoms with Gasteiger partial charge in [0.25, 0.3) is 0 Å². The molecule has 1 saturated heterocycles. The van der Waals surface area contributed by atoms with Crippen LogP contribution in [-0.2, 0) is 24.1 Å². The van der Waals surface area contributed by atoms with Crippen LogP contribution >= 0.6 is 0 Å². The predicted octanol–water partition coefficient (Wildman–Crippen LogP) is 3.38. The number of aromatic nitrogens is 1. The zero-order chi connectivity index (χ0) is 19.3. The number of anilines is 1. The first-order valence-corrected chi connectivity index (χ1v) is 10.2. The molecule has 2 aliphatic rings. The minimum atomic E-state index is 0.109. The van der Waals surface area contributed by atoms with Crippen LogP contribution in [0.1, 0.15) is 47.9 Å². The van der Waals surface area contributed by atoms with E-state index in [1.54, 1.807) is 23.9 Å². The molecule has 0 unspecified atom stereocenters. The number of hydrogen-bond acceptors (Lipinski definition) is 4. The number of rotatable bonds is 7. The molecule has 28 heavy (non-hydrogen) atoms. The van der Waals surface area contributed by atoms with Gasteiger partial charge in [0.15, 0.2) is 0 Å². The lowest BCUT2D eigenvalue weighted by Gasteiger charge is -2.12. The second-order valence-corrected chi connectivity index (χ2v) is 7.86. The Kier molecular flexibility index (Phi) is 5.57. The molecule has 2 N–H and O–H groups in total. The number of carbonyl (C=O) groups excluding carboxylic acids is 1. The third kappa shape index (κ3) is 4.17. The highest BCUT2D eigenvalue weighted by Gasteiger charge is 2.31. The summed E-state index contributed by atoms with van der Waals surface area (Å²) < 4.78 is 0. The number of carbonyl (C=O) groups is 1. The zero-order valence-corrected chi connectivity index (χ0v) is 16.1. The number of benzene rings is 1. The van der Waals surface area contributed by atoms with Gasteiger partial charge in [0.1, 0.15) is 11.9 Å². The topological polar surface area (TPSA) is 77.8 Å². The van der Waals surface area contributed by atoms with Crippen molar-refractivity contribution < 1.29 is 4.79 Å². The van der Waals surface area contributed by atoms with Crippen LogP contribution in [0.2, 0.25) is 0 Å². The van der Waals surface area contributed by atoms with Crippen molar-refractivity contribution >= 4 is 11.7 Å². The quantitative estimate of drug-likeness (QED) is 0.779. The largest absolute Gasteiger partial charge is 0.368 e. The average Bonchev–Trinajstić information content (AvgIpc) is 3.34. The fourth-order valence-corrected chi connectivity index (χ4v) is 4.48. The van der Waals surface area contributed by atoms with Crippen molar-refractivity contribution in [3.05, 3.63) is 58.8 Å². The molecule has 0 spiro atoms. The number of nitrogens with zero attached hydrogens (tertiary/aromatic N) is 2. The van der Waals surface area contributed by atoms with Crippen LogP contribution in [0.4, 0.5) is 5.82 Å². The standard InChI is InChI=1S/C23H26N4O/c24-13-16-10-11-22(25-14-16)26-15-20-12-19(23(28)27-20)8-2-6-17-4-1-5-18-7-3-9-21(17)18/h1,4-5,10-11,14,19-20H,2-3,6-9,12,15H2,(H,25,26)(H,27,28)/t19-,20-/m0/s1. The molecule has 1 aliphatic carbocycles. The van der Waals surface area contributed by atoms with Crippen molar-refractivity contribution in [2.45, 2.75) is 51.0 Å². The zero-order valence-electron chi connectivity index (χ0n) is 16.1. The summed E-state index contributed by atoms with van der Waals surface area (Å²) in [5, 5.41) is 15.2. The molecule has 0 bridgehead atoms. The van der Waals surface area contributed by atoms with Crippen molar-refractivity contribution in [3.8, 4) is 6.07 Å². The molecule has 2 atom stereocenters. The molecule has 2 heterocycles. The Balaban J connectivity index is 1.23. The van der Waals surface area contributed by atoms with E-state index in [9.17, 15) is 4.79 Å². The summed E-state index contributed by atoms with van der Waals surface area (Å²) in [5.41, 5.74) is 5.12. The van der Waals surface area contributed by atoms with E-state index in [4.69, 9.17) is 5.26 Å². The van der Waals surface area contributed by atoms with Gasteiger partial charge in [0.2, 0.25) is 5.91 Å². The van der Waals surface area contributed by atoms with E-state index in [1.165, 1.54) is 30.4 Å². The highest BCUT2D eigenvalue weighted by atomic mass is 16.2. The Morgan fingerprint density at radius 1 is 1.25 bits per heavy atom. The number of nitrogens with one attached hydrogen (secondary N) is 2. The number of amides is 1. The Bertz CT molecular complexity index is 884. The molecule has 1 aromatic heterocycles. The molecular weight excluding hydrogens is 348 g/mol. The molecule has 5 heteroatoms. The molecular formula is C23H26N4O. The number of pyridine rings is 1. The lowest BCUT2D eigenvalue weighted by atomic mass is 9.94. The lowest BCUT2D eigenvalue weighted by molar-refractivity contribution is -0.122. The molecule has 1 aliphatic heterocycles. The summed E-state index contributed by atoms with van der Waals surface area (Å²) in [6, 6.07) is 12.4. The number of fused-ring (bicyclic) bond motifs is 1. The smallest absolute Gasteiger partial charge is 0.223 e. The third-order valence-electron chi connectivity index (χ3n) is 5.95. The van der Waals surface area contributed by atoms with Crippen molar-refractivity contribution in [1.82, 2.24) is 10.3 Å². The third-order valence-corrected chi connectivity index (χ3v) is 5.95. The van der Waals surface area contributed by atoms with Crippen molar-refractivity contribution in [3.63, 3.8) is 0 Å². The van der Waals surface area contributed by atoms with Gasteiger partial charge < -0.3 is 10.6 Å². The fourth-order valence-electron chi connectivity index (χ4n) is 4.48. The Hall–Kier alpha value is -2.87. The van der Waals surface area contributed by atoms with Crippen LogP contribution in [0.25, 0.3) is 0 Å². The van der Waals surface area contributed by atoms with Gasteiger partial charge in [-0.3, -0.25) is 4.79 Å². The first kappa shape index (κ1) is 18.5. The van der Waals surface area contributed by atoms with Gasteiger partial charge in [0, 0.05) is 24.7 Å². The minimum absolute atomic E-state index is 0.109. The molecule has 4 rings (SSSR count). The van der Waals surface area contributed by atoms with Crippen LogP contribution < -0.4 is 10.6 Å². The molecule has 0 saturated carbocycles. The first-order valence-electron chi connectivity index (χ1n) is 10.2. The fraction of sp³-hybridized carbons (Fsp3) is 0.435. The highest BCUT2D eigenvalue weighted by molar-refractivity contribution is 5.81. The van der Waals surface area contributed by atoms with E-state index in [1.807, 2.05) is 0 Å². The lowest BCUT2D eigenvalue weighted by Crippen LogP contribution is -2.32. The summed E-state index contributed by atoms with van der Waals surface area (Å²) in [6.07, 6.45) is 9.22. The summed E-state index contributed by atoms with van der Waals surface area (Å²) in [6.45, 7) is 0.660. The van der Waals surface area contributed by atoms with Crippen LogP contribution in [0.15, 0.2) is 36.5 Å². The van der Waals surface area contributed by atoms with Gasteiger partial charge >= 0.3 is 0 Å². The maximum Gasteiger partial charge on any atom is 0.223 e. The summed E-state index contributed by atoms with van der Waals surface area (Å²) in [7, 11) is 0. The second kappa shape index (κ2) is 8.43. The maximum atomic E-state index is 12.3. The van der Waals surface area contributed by atoms with Gasteiger partial charge in [-0.05, 0) is 73.8 Å². The van der Waals surface area contributed by atoms with E-state index < -0.39 is 0 Å². The van der Waals surface area contributed by atoms with Crippen molar-refractivity contribution in [2.75, 3.05) is 11.9 Å². The van der Waals surface area contributed by atoms with Crippen LogP contribution in [0.3, 0.4) is 0 Å². The van der Waals surface area contributed by atoms with Gasteiger partial charge in [-0.15, -0.1) is 0 Å². The molecule has 1 fully saturated rings. The Labute approximate surface area is 166 Å². The Morgan fingerprint density at radius 2 is 2.18 bits per heavy atom. The number of nitriles is 1. The molecule has 1 aromatic carbocycles. The van der Waals surface area contributed by atoms with E-state index >= 15 is 0 Å². The van der Waals surface area contributed by atoms with E-state index in [2.05, 4.69) is 39.9 Å². The predicted molar refractivity (Wildman–Crippen MR) is 109 cm³/mol. The van der Waals surface area contributed by atoms with Gasteiger partial charge in [-0.25, -0.2) is 4.98 Å².